The number of halogens is 7. The van der Waals surface area contributed by atoms with Crippen LogP contribution in [0.4, 0.5) is 26.3 Å². The van der Waals surface area contributed by atoms with E-state index >= 15 is 0 Å². The monoisotopic (exact) mass is 639 g/mol. The highest BCUT2D eigenvalue weighted by Crippen LogP contribution is 2.45. The van der Waals surface area contributed by atoms with Gasteiger partial charge in [0.05, 0.1) is 18.3 Å². The second-order valence-electron chi connectivity index (χ2n) is 9.82. The van der Waals surface area contributed by atoms with Crippen molar-refractivity contribution in [2.24, 2.45) is 17.6 Å². The molecular weight excluding hydrogens is 600 g/mol. The second-order valence-corrected chi connectivity index (χ2v) is 9.82. The first-order valence-electron chi connectivity index (χ1n) is 12.9. The van der Waals surface area contributed by atoms with Crippen LogP contribution < -0.4 is 21.1 Å². The van der Waals surface area contributed by atoms with Crippen molar-refractivity contribution in [3.63, 3.8) is 0 Å². The number of carbonyl (C=O) groups is 2. The Hall–Kier alpha value is -2.33. The molecule has 0 aromatic heterocycles. The van der Waals surface area contributed by atoms with Crippen LogP contribution in [-0.2, 0) is 14.3 Å². The molecule has 0 aliphatic carbocycles. The topological polar surface area (TPSA) is 132 Å². The number of nitrogens with one attached hydrogen (secondary N) is 2. The van der Waals surface area contributed by atoms with Gasteiger partial charge in [0.15, 0.2) is 0 Å². The molecule has 0 radical (unpaired) electrons. The van der Waals surface area contributed by atoms with Crippen LogP contribution in [0.3, 0.4) is 0 Å². The van der Waals surface area contributed by atoms with Crippen LogP contribution in [0.15, 0.2) is 24.3 Å². The van der Waals surface area contributed by atoms with Crippen LogP contribution in [0.25, 0.3) is 0 Å². The van der Waals surface area contributed by atoms with Gasteiger partial charge in [-0.1, -0.05) is 26.0 Å². The Morgan fingerprint density at radius 3 is 2.05 bits per heavy atom. The molecule has 2 amide bonds. The number of methoxy groups -OCH3 is 2. The molecule has 244 valence electrons. The van der Waals surface area contributed by atoms with E-state index in [1.54, 1.807) is 31.4 Å². The van der Waals surface area contributed by atoms with E-state index in [1.165, 1.54) is 5.32 Å². The van der Waals surface area contributed by atoms with E-state index in [-0.39, 0.29) is 44.3 Å². The predicted octanol–water partition coefficient (Wildman–Crippen LogP) is 3.62. The van der Waals surface area contributed by atoms with Crippen molar-refractivity contribution in [3.05, 3.63) is 29.8 Å². The lowest BCUT2D eigenvalue weighted by Crippen LogP contribution is -2.67. The molecular formula is C26H40ClF6N3O6. The molecule has 0 aliphatic heterocycles. The summed E-state index contributed by atoms with van der Waals surface area (Å²) in [6.07, 6.45) is -12.4. The zero-order valence-corrected chi connectivity index (χ0v) is 24.6. The number of ether oxygens (including phenoxy) is 3. The minimum Gasteiger partial charge on any atom is -0.493 e. The Balaban J connectivity index is 0.0000168. The number of amides is 2. The molecule has 0 fully saturated rings. The van der Waals surface area contributed by atoms with Gasteiger partial charge < -0.3 is 35.7 Å². The third-order valence-corrected chi connectivity index (χ3v) is 6.56. The van der Waals surface area contributed by atoms with Gasteiger partial charge in [-0.2, -0.15) is 26.3 Å². The summed E-state index contributed by atoms with van der Waals surface area (Å²) in [5, 5.41) is 14.5. The molecule has 0 spiro atoms. The maximum atomic E-state index is 13.2. The van der Waals surface area contributed by atoms with E-state index in [1.807, 2.05) is 13.8 Å². The number of carbonyl (C=O) groups excluding carboxylic acids is 2. The fourth-order valence-electron chi connectivity index (χ4n) is 3.94. The Labute approximate surface area is 247 Å². The maximum Gasteiger partial charge on any atom is 0.435 e. The molecule has 3 atom stereocenters. The van der Waals surface area contributed by atoms with Crippen molar-refractivity contribution in [1.29, 1.82) is 0 Å². The fourth-order valence-corrected chi connectivity index (χ4v) is 3.94. The Kier molecular flexibility index (Phi) is 16.7. The second kappa shape index (κ2) is 17.7. The summed E-state index contributed by atoms with van der Waals surface area (Å²) in [5.41, 5.74) is 1.15. The van der Waals surface area contributed by atoms with Gasteiger partial charge in [-0.25, -0.2) is 0 Å². The lowest BCUT2D eigenvalue weighted by atomic mass is 9.87. The van der Waals surface area contributed by atoms with E-state index in [0.29, 0.717) is 24.5 Å². The summed E-state index contributed by atoms with van der Waals surface area (Å²) >= 11 is 0. The van der Waals surface area contributed by atoms with Gasteiger partial charge in [-0.3, -0.25) is 9.59 Å². The molecule has 1 aromatic rings. The summed E-state index contributed by atoms with van der Waals surface area (Å²) < 4.78 is 93.7. The van der Waals surface area contributed by atoms with E-state index in [9.17, 15) is 41.0 Å². The maximum absolute atomic E-state index is 13.2. The molecule has 0 heterocycles. The van der Waals surface area contributed by atoms with Crippen molar-refractivity contribution in [2.75, 3.05) is 40.5 Å². The van der Waals surface area contributed by atoms with Crippen LogP contribution >= 0.6 is 12.4 Å². The molecule has 0 saturated heterocycles. The molecule has 42 heavy (non-hydrogen) atoms. The normalized spacial score (nSPS) is 14.5. The van der Waals surface area contributed by atoms with Crippen molar-refractivity contribution >= 4 is 24.2 Å². The molecule has 5 N–H and O–H groups in total. The van der Waals surface area contributed by atoms with E-state index < -0.39 is 48.5 Å². The lowest BCUT2D eigenvalue weighted by molar-refractivity contribution is -0.357. The van der Waals surface area contributed by atoms with E-state index in [0.717, 1.165) is 12.8 Å². The molecule has 16 heteroatoms. The number of hydrogen-bond donors (Lipinski definition) is 4. The average Bonchev–Trinajstić information content (AvgIpc) is 2.88. The molecule has 9 nitrogen and oxygen atoms in total. The van der Waals surface area contributed by atoms with Crippen molar-refractivity contribution in [1.82, 2.24) is 10.6 Å². The summed E-state index contributed by atoms with van der Waals surface area (Å²) in [5.74, 6) is -3.01. The van der Waals surface area contributed by atoms with Crippen LogP contribution in [0.1, 0.15) is 43.5 Å². The van der Waals surface area contributed by atoms with Gasteiger partial charge in [0.1, 0.15) is 5.75 Å². The highest BCUT2D eigenvalue weighted by molar-refractivity contribution is 5.96. The van der Waals surface area contributed by atoms with Gasteiger partial charge in [-0.05, 0) is 43.2 Å². The smallest absolute Gasteiger partial charge is 0.435 e. The third kappa shape index (κ3) is 10.7. The fraction of sp³-hybridized carbons (Fsp3) is 0.692. The summed E-state index contributed by atoms with van der Waals surface area (Å²) in [6.45, 7) is 3.69. The van der Waals surface area contributed by atoms with Crippen molar-refractivity contribution < 1.29 is 55.2 Å². The van der Waals surface area contributed by atoms with E-state index in [2.05, 4.69) is 10.1 Å². The molecule has 0 saturated carbocycles. The number of aliphatic hydroxyl groups excluding tert-OH is 1. The zero-order chi connectivity index (χ0) is 31.4. The van der Waals surface area contributed by atoms with Crippen LogP contribution in [0, 0.1) is 11.8 Å². The van der Waals surface area contributed by atoms with Gasteiger partial charge in [-0.15, -0.1) is 12.4 Å². The molecule has 1 rings (SSSR count). The minimum atomic E-state index is -6.12. The van der Waals surface area contributed by atoms with E-state index in [4.69, 9.17) is 15.2 Å². The number of unbranched alkanes of at least 4 members (excludes halogenated alkanes) is 1. The Bertz CT molecular complexity index is 953. The number of rotatable bonds is 17. The van der Waals surface area contributed by atoms with Crippen LogP contribution in [0.2, 0.25) is 0 Å². The highest BCUT2D eigenvalue weighted by Gasteiger charge is 2.77. The molecule has 0 bridgehead atoms. The van der Waals surface area contributed by atoms with Crippen LogP contribution in [0.5, 0.6) is 5.75 Å². The van der Waals surface area contributed by atoms with Crippen molar-refractivity contribution in [2.45, 2.75) is 63.2 Å². The van der Waals surface area contributed by atoms with Gasteiger partial charge in [0, 0.05) is 40.0 Å². The summed E-state index contributed by atoms with van der Waals surface area (Å²) in [6, 6.07) is 5.47. The summed E-state index contributed by atoms with van der Waals surface area (Å²) in [4.78, 5) is 24.9. The first-order valence-corrected chi connectivity index (χ1v) is 12.9. The van der Waals surface area contributed by atoms with Gasteiger partial charge >= 0.3 is 18.0 Å². The summed E-state index contributed by atoms with van der Waals surface area (Å²) in [7, 11) is 1.70. The Morgan fingerprint density at radius 1 is 0.952 bits per heavy atom. The number of para-hydroxylation sites is 1. The largest absolute Gasteiger partial charge is 0.493 e. The number of hydrogen-bond acceptors (Lipinski definition) is 7. The average molecular weight is 640 g/mol. The van der Waals surface area contributed by atoms with Gasteiger partial charge in [0.2, 0.25) is 0 Å². The number of aliphatic hydroxyl groups is 1. The molecule has 0 aliphatic rings. The zero-order valence-electron chi connectivity index (χ0n) is 23.8. The number of alkyl halides is 6. The molecule has 1 aromatic carbocycles. The minimum absolute atomic E-state index is 0. The predicted molar refractivity (Wildman–Crippen MR) is 144 cm³/mol. The first kappa shape index (κ1) is 39.7. The third-order valence-electron chi connectivity index (χ3n) is 6.56. The first-order chi connectivity index (χ1) is 19.0. The molecule has 3 unspecified atom stereocenters. The Morgan fingerprint density at radius 2 is 1.52 bits per heavy atom. The standard InChI is InChI=1S/C26H39F6N3O6.ClH/c1-16(2)17(14-34-22(37)18-9-5-6-10-21(18)41-12-8-7-11-39-3)13-19(33)20(36)15-35-23(38)24(40-4,25(27,28)29)26(30,31)32;/h5-6,9-10,16-17,19-20,36H,7-8,11-15,33H2,1-4H3,(H,34,37)(H,35,38);1H. The van der Waals surface area contributed by atoms with Crippen LogP contribution in [-0.4, -0.2) is 87.5 Å². The highest BCUT2D eigenvalue weighted by atomic mass is 35.5. The quantitative estimate of drug-likeness (QED) is 0.151. The SMILES string of the molecule is COCCCCOc1ccccc1C(=O)NCC(CC(N)C(O)CNC(=O)C(OC)(C(F)(F)F)C(F)(F)F)C(C)C.Cl. The van der Waals surface area contributed by atoms with Crippen molar-refractivity contribution in [3.8, 4) is 5.75 Å². The van der Waals surface area contributed by atoms with Gasteiger partial charge in [0.25, 0.3) is 11.8 Å². The number of benzene rings is 1. The number of nitrogens with two attached hydrogens (primary N) is 1. The lowest BCUT2D eigenvalue weighted by Gasteiger charge is -2.34.